The van der Waals surface area contributed by atoms with Gasteiger partial charge in [-0.25, -0.2) is 4.68 Å². The first-order valence-corrected chi connectivity index (χ1v) is 10.2. The third-order valence-corrected chi connectivity index (χ3v) is 5.31. The van der Waals surface area contributed by atoms with Gasteiger partial charge in [0.15, 0.2) is 16.4 Å². The molecule has 3 rings (SSSR count). The van der Waals surface area contributed by atoms with Crippen molar-refractivity contribution in [2.45, 2.75) is 26.2 Å². The fourth-order valence-corrected chi connectivity index (χ4v) is 3.48. The Morgan fingerprint density at radius 1 is 1.29 bits per heavy atom. The summed E-state index contributed by atoms with van der Waals surface area (Å²) in [6.45, 7) is 0.830. The molecule has 31 heavy (non-hydrogen) atoms. The lowest BCUT2D eigenvalue weighted by Crippen LogP contribution is -2.32. The number of rotatable bonds is 10. The number of primary amides is 1. The lowest BCUT2D eigenvalue weighted by atomic mass is 10.2. The minimum atomic E-state index is -0.453. The van der Waals surface area contributed by atoms with E-state index in [-0.39, 0.29) is 26.2 Å². The van der Waals surface area contributed by atoms with E-state index < -0.39 is 11.9 Å². The number of carbonyl (C=O) groups excluding carboxylic acids is 2. The van der Waals surface area contributed by atoms with E-state index in [1.807, 2.05) is 18.2 Å². The van der Waals surface area contributed by atoms with Gasteiger partial charge in [-0.2, -0.15) is 0 Å². The monoisotopic (exact) mass is 463 g/mol. The summed E-state index contributed by atoms with van der Waals surface area (Å²) >= 11 is 11.9. The molecule has 9 nitrogen and oxygen atoms in total. The van der Waals surface area contributed by atoms with Gasteiger partial charge in [-0.15, -0.1) is 5.10 Å². The molecule has 1 amide bonds. The van der Waals surface area contributed by atoms with Gasteiger partial charge in [0, 0.05) is 24.5 Å². The third kappa shape index (κ3) is 5.81. The number of ether oxygens (including phenoxy) is 1. The van der Waals surface area contributed by atoms with Crippen LogP contribution in [0.2, 0.25) is 5.02 Å². The van der Waals surface area contributed by atoms with Gasteiger partial charge < -0.3 is 14.9 Å². The molecule has 3 aromatic rings. The molecule has 0 saturated heterocycles. The fraction of sp³-hybridized carbons (Fsp3) is 0.300. The number of halogens is 1. The van der Waals surface area contributed by atoms with Crippen LogP contribution in [0.3, 0.4) is 0 Å². The summed E-state index contributed by atoms with van der Waals surface area (Å²) in [7, 11) is 1.33. The van der Waals surface area contributed by atoms with E-state index in [1.165, 1.54) is 13.4 Å². The van der Waals surface area contributed by atoms with Crippen molar-refractivity contribution in [2.75, 3.05) is 13.7 Å². The van der Waals surface area contributed by atoms with Gasteiger partial charge >= 0.3 is 5.97 Å². The van der Waals surface area contributed by atoms with Gasteiger partial charge in [-0.1, -0.05) is 29.8 Å². The predicted molar refractivity (Wildman–Crippen MR) is 116 cm³/mol. The maximum atomic E-state index is 12.0. The summed E-state index contributed by atoms with van der Waals surface area (Å²) in [5.74, 6) is 0.107. The van der Waals surface area contributed by atoms with Gasteiger partial charge in [0.1, 0.15) is 0 Å². The molecule has 0 unspecified atom stereocenters. The SMILES string of the molecule is COC(=O)CN(Cc1ccccc1Cl)Cn1nc(-c2ccco2)n(CCC(N)=O)c1=S. The van der Waals surface area contributed by atoms with E-state index in [1.54, 1.807) is 32.3 Å². The van der Waals surface area contributed by atoms with Crippen LogP contribution in [0.15, 0.2) is 47.1 Å². The number of furan rings is 1. The Balaban J connectivity index is 1.93. The highest BCUT2D eigenvalue weighted by Gasteiger charge is 2.19. The quantitative estimate of drug-likeness (QED) is 0.363. The van der Waals surface area contributed by atoms with E-state index in [9.17, 15) is 9.59 Å². The molecule has 0 aliphatic carbocycles. The van der Waals surface area contributed by atoms with E-state index in [0.717, 1.165) is 5.56 Å². The van der Waals surface area contributed by atoms with E-state index in [4.69, 9.17) is 38.7 Å². The molecule has 0 spiro atoms. The molecular weight excluding hydrogens is 442 g/mol. The molecule has 2 aromatic heterocycles. The topological polar surface area (TPSA) is 109 Å². The number of nitrogens with two attached hydrogens (primary N) is 1. The summed E-state index contributed by atoms with van der Waals surface area (Å²) in [5, 5.41) is 5.16. The van der Waals surface area contributed by atoms with Crippen molar-refractivity contribution in [3.63, 3.8) is 0 Å². The first-order chi connectivity index (χ1) is 14.9. The van der Waals surface area contributed by atoms with Crippen molar-refractivity contribution in [3.05, 3.63) is 58.0 Å². The van der Waals surface area contributed by atoms with Crippen LogP contribution in [0, 0.1) is 4.77 Å². The molecule has 0 radical (unpaired) electrons. The zero-order chi connectivity index (χ0) is 22.4. The summed E-state index contributed by atoms with van der Waals surface area (Å²) in [5.41, 5.74) is 6.15. The Morgan fingerprint density at radius 2 is 2.06 bits per heavy atom. The number of aromatic nitrogens is 3. The van der Waals surface area contributed by atoms with Crippen LogP contribution >= 0.6 is 23.8 Å². The molecular formula is C20H22ClN5O4S. The molecule has 164 valence electrons. The van der Waals surface area contributed by atoms with Gasteiger partial charge in [0.2, 0.25) is 5.91 Å². The standard InChI is InChI=1S/C20H22ClN5O4S/c1-29-18(28)12-24(11-14-5-2-3-6-15(14)21)13-26-20(31)25(9-8-17(22)27)19(23-26)16-7-4-10-30-16/h2-7,10H,8-9,11-13H2,1H3,(H2,22,27). The molecule has 0 aliphatic heterocycles. The summed E-state index contributed by atoms with van der Waals surface area (Å²) in [4.78, 5) is 25.1. The Kier molecular flexibility index (Phi) is 7.61. The zero-order valence-electron chi connectivity index (χ0n) is 16.9. The van der Waals surface area contributed by atoms with Gasteiger partial charge in [-0.3, -0.25) is 19.1 Å². The Morgan fingerprint density at radius 3 is 2.71 bits per heavy atom. The zero-order valence-corrected chi connectivity index (χ0v) is 18.4. The summed E-state index contributed by atoms with van der Waals surface area (Å²) in [6.07, 6.45) is 1.62. The van der Waals surface area contributed by atoms with Crippen molar-refractivity contribution < 1.29 is 18.7 Å². The lowest BCUT2D eigenvalue weighted by Gasteiger charge is -2.21. The second kappa shape index (κ2) is 10.4. The molecule has 2 N–H and O–H groups in total. The van der Waals surface area contributed by atoms with Crippen LogP contribution in [0.5, 0.6) is 0 Å². The minimum Gasteiger partial charge on any atom is -0.468 e. The molecule has 0 atom stereocenters. The molecule has 0 bridgehead atoms. The highest BCUT2D eigenvalue weighted by atomic mass is 35.5. The Labute approximate surface area is 188 Å². The van der Waals surface area contributed by atoms with Crippen molar-refractivity contribution in [2.24, 2.45) is 5.73 Å². The number of carbonyl (C=O) groups is 2. The van der Waals surface area contributed by atoms with Crippen molar-refractivity contribution in [3.8, 4) is 11.6 Å². The number of nitrogens with zero attached hydrogens (tertiary/aromatic N) is 4. The van der Waals surface area contributed by atoms with Crippen LogP contribution in [0.1, 0.15) is 12.0 Å². The number of esters is 1. The van der Waals surface area contributed by atoms with Crippen molar-refractivity contribution in [1.82, 2.24) is 19.2 Å². The average Bonchev–Trinajstić information content (AvgIpc) is 3.37. The number of methoxy groups -OCH3 is 1. The second-order valence-electron chi connectivity index (χ2n) is 6.75. The van der Waals surface area contributed by atoms with Crippen molar-refractivity contribution >= 4 is 35.7 Å². The predicted octanol–water partition coefficient (Wildman–Crippen LogP) is 2.84. The smallest absolute Gasteiger partial charge is 0.319 e. The Bertz CT molecular complexity index is 1110. The van der Waals surface area contributed by atoms with E-state index in [0.29, 0.717) is 27.9 Å². The number of amides is 1. The number of hydrogen-bond acceptors (Lipinski definition) is 7. The molecule has 0 saturated carbocycles. The fourth-order valence-electron chi connectivity index (χ4n) is 3.00. The van der Waals surface area contributed by atoms with Crippen LogP contribution in [-0.2, 0) is 34.1 Å². The van der Waals surface area contributed by atoms with E-state index in [2.05, 4.69) is 5.10 Å². The molecule has 1 aromatic carbocycles. The molecule has 0 fully saturated rings. The summed E-state index contributed by atoms with van der Waals surface area (Å²) < 4.78 is 13.9. The third-order valence-electron chi connectivity index (χ3n) is 4.51. The lowest BCUT2D eigenvalue weighted by molar-refractivity contribution is -0.142. The van der Waals surface area contributed by atoms with Gasteiger partial charge in [0.05, 0.1) is 26.6 Å². The van der Waals surface area contributed by atoms with Crippen LogP contribution in [0.25, 0.3) is 11.6 Å². The van der Waals surface area contributed by atoms with Gasteiger partial charge in [0.25, 0.3) is 0 Å². The number of benzene rings is 1. The van der Waals surface area contributed by atoms with Crippen LogP contribution in [-0.4, -0.2) is 44.8 Å². The van der Waals surface area contributed by atoms with E-state index >= 15 is 0 Å². The summed E-state index contributed by atoms with van der Waals surface area (Å²) in [6, 6.07) is 10.9. The maximum absolute atomic E-state index is 12.0. The Hall–Kier alpha value is -2.95. The first-order valence-electron chi connectivity index (χ1n) is 9.41. The first kappa shape index (κ1) is 22.7. The molecule has 2 heterocycles. The molecule has 11 heteroatoms. The van der Waals surface area contributed by atoms with Crippen LogP contribution in [0.4, 0.5) is 0 Å². The number of hydrogen-bond donors (Lipinski definition) is 1. The molecule has 0 aliphatic rings. The normalized spacial score (nSPS) is 11.1. The largest absolute Gasteiger partial charge is 0.468 e. The van der Waals surface area contributed by atoms with Crippen LogP contribution < -0.4 is 5.73 Å². The highest BCUT2D eigenvalue weighted by Crippen LogP contribution is 2.21. The van der Waals surface area contributed by atoms with Gasteiger partial charge in [-0.05, 0) is 36.0 Å². The highest BCUT2D eigenvalue weighted by molar-refractivity contribution is 7.71. The minimum absolute atomic E-state index is 0.00767. The average molecular weight is 464 g/mol. The second-order valence-corrected chi connectivity index (χ2v) is 7.52. The maximum Gasteiger partial charge on any atom is 0.319 e. The van der Waals surface area contributed by atoms with Crippen molar-refractivity contribution in [1.29, 1.82) is 0 Å².